The molecule has 0 spiro atoms. The summed E-state index contributed by atoms with van der Waals surface area (Å²) in [5, 5.41) is 3.00. The first-order valence-corrected chi connectivity index (χ1v) is 12.7. The fraction of sp³-hybridized carbons (Fsp3) is 0.462. The molecule has 3 aliphatic rings. The molecule has 3 aliphatic heterocycles. The van der Waals surface area contributed by atoms with Crippen molar-refractivity contribution in [1.29, 1.82) is 0 Å². The Morgan fingerprint density at radius 1 is 1.11 bits per heavy atom. The quantitative estimate of drug-likeness (QED) is 0.519. The van der Waals surface area contributed by atoms with Crippen molar-refractivity contribution in [2.24, 2.45) is 0 Å². The molecule has 4 heterocycles. The van der Waals surface area contributed by atoms with E-state index in [0.717, 1.165) is 32.0 Å². The summed E-state index contributed by atoms with van der Waals surface area (Å²) in [5.41, 5.74) is -0.664. The van der Waals surface area contributed by atoms with E-state index in [1.807, 2.05) is 0 Å². The Hall–Kier alpha value is -2.78. The standard InChI is InChI=1S/C26H28ClF3N4O2/c1-15-22(25(36)34-11-7-17(8-12-34)33-9-3-2-4-10-33)23(26(28,29)30)21(31-15)14-19-18-13-16(27)5-6-20(18)32-24(19)35/h5-6,13-14,17,31H,2-4,7-12H2,1H3,(H,32,35)/b19-14-. The van der Waals surface area contributed by atoms with Gasteiger partial charge in [0.15, 0.2) is 0 Å². The van der Waals surface area contributed by atoms with Crippen molar-refractivity contribution in [3.8, 4) is 0 Å². The number of halogens is 4. The molecule has 2 saturated heterocycles. The second-order valence-corrected chi connectivity index (χ2v) is 10.2. The number of rotatable bonds is 3. The first-order chi connectivity index (χ1) is 17.1. The lowest BCUT2D eigenvalue weighted by Crippen LogP contribution is -2.48. The van der Waals surface area contributed by atoms with Crippen LogP contribution in [0, 0.1) is 6.92 Å². The SMILES string of the molecule is Cc1[nH]c(/C=C2\C(=O)Nc3ccc(Cl)cc32)c(C(F)(F)F)c1C(=O)N1CCC(N2CCCCC2)CC1. The Morgan fingerprint density at radius 2 is 1.81 bits per heavy atom. The average Bonchev–Trinajstić information content (AvgIpc) is 3.35. The summed E-state index contributed by atoms with van der Waals surface area (Å²) in [4.78, 5) is 32.7. The molecule has 0 atom stereocenters. The van der Waals surface area contributed by atoms with Gasteiger partial charge in [-0.15, -0.1) is 0 Å². The van der Waals surface area contributed by atoms with E-state index in [2.05, 4.69) is 15.2 Å². The summed E-state index contributed by atoms with van der Waals surface area (Å²) in [6.07, 6.45) is 1.45. The van der Waals surface area contributed by atoms with Gasteiger partial charge in [0.05, 0.1) is 22.4 Å². The number of aromatic amines is 1. The number of hydrogen-bond acceptors (Lipinski definition) is 3. The monoisotopic (exact) mass is 520 g/mol. The van der Waals surface area contributed by atoms with Crippen molar-refractivity contribution in [3.05, 3.63) is 51.3 Å². The number of carbonyl (C=O) groups excluding carboxylic acids is 2. The van der Waals surface area contributed by atoms with Crippen molar-refractivity contribution >= 4 is 40.8 Å². The Balaban J connectivity index is 1.45. The molecule has 5 rings (SSSR count). The third-order valence-electron chi connectivity index (χ3n) is 7.43. The predicted octanol–water partition coefficient (Wildman–Crippen LogP) is 5.58. The predicted molar refractivity (Wildman–Crippen MR) is 133 cm³/mol. The van der Waals surface area contributed by atoms with Gasteiger partial charge in [-0.2, -0.15) is 13.2 Å². The van der Waals surface area contributed by atoms with Crippen LogP contribution in [0.4, 0.5) is 18.9 Å². The fourth-order valence-corrected chi connectivity index (χ4v) is 5.81. The molecule has 0 unspecified atom stereocenters. The molecule has 2 N–H and O–H groups in total. The van der Waals surface area contributed by atoms with E-state index < -0.39 is 23.6 Å². The van der Waals surface area contributed by atoms with Crippen LogP contribution >= 0.6 is 11.6 Å². The Morgan fingerprint density at radius 3 is 2.47 bits per heavy atom. The molecule has 1 aromatic carbocycles. The maximum absolute atomic E-state index is 14.3. The number of nitrogens with one attached hydrogen (secondary N) is 2. The van der Waals surface area contributed by atoms with Gasteiger partial charge < -0.3 is 20.1 Å². The lowest BCUT2D eigenvalue weighted by Gasteiger charge is -2.40. The second kappa shape index (κ2) is 9.59. The van der Waals surface area contributed by atoms with Crippen molar-refractivity contribution in [2.45, 2.75) is 51.2 Å². The summed E-state index contributed by atoms with van der Waals surface area (Å²) < 4.78 is 43.0. The fourth-order valence-electron chi connectivity index (χ4n) is 5.64. The zero-order chi connectivity index (χ0) is 25.6. The van der Waals surface area contributed by atoms with Gasteiger partial charge in [0.2, 0.25) is 0 Å². The van der Waals surface area contributed by atoms with Gasteiger partial charge in [0.1, 0.15) is 0 Å². The molecule has 0 aliphatic carbocycles. The number of aromatic nitrogens is 1. The van der Waals surface area contributed by atoms with Crippen LogP contribution in [0.3, 0.4) is 0 Å². The number of benzene rings is 1. The van der Waals surface area contributed by atoms with E-state index in [4.69, 9.17) is 11.6 Å². The third kappa shape index (κ3) is 4.66. The molecule has 2 fully saturated rings. The first-order valence-electron chi connectivity index (χ1n) is 12.3. The largest absolute Gasteiger partial charge is 0.419 e. The molecule has 2 amide bonds. The molecular formula is C26H28ClF3N4O2. The Kier molecular flexibility index (Phi) is 6.63. The molecular weight excluding hydrogens is 493 g/mol. The molecule has 0 bridgehead atoms. The Bertz CT molecular complexity index is 1220. The highest BCUT2D eigenvalue weighted by Gasteiger charge is 2.42. The van der Waals surface area contributed by atoms with Crippen LogP contribution in [-0.4, -0.2) is 58.8 Å². The van der Waals surface area contributed by atoms with Crippen LogP contribution in [-0.2, 0) is 11.0 Å². The highest BCUT2D eigenvalue weighted by molar-refractivity contribution is 6.36. The van der Waals surface area contributed by atoms with Gasteiger partial charge in [-0.1, -0.05) is 18.0 Å². The first kappa shape index (κ1) is 24.9. The van der Waals surface area contributed by atoms with Crippen LogP contribution in [0.1, 0.15) is 65.0 Å². The van der Waals surface area contributed by atoms with Crippen LogP contribution < -0.4 is 5.32 Å². The van der Waals surface area contributed by atoms with Gasteiger partial charge >= 0.3 is 6.18 Å². The van der Waals surface area contributed by atoms with Crippen molar-refractivity contribution < 1.29 is 22.8 Å². The third-order valence-corrected chi connectivity index (χ3v) is 7.66. The summed E-state index contributed by atoms with van der Waals surface area (Å²) >= 11 is 6.05. The number of piperidine rings is 2. The minimum atomic E-state index is -4.79. The number of amides is 2. The van der Waals surface area contributed by atoms with E-state index in [1.165, 1.54) is 37.2 Å². The maximum atomic E-state index is 14.3. The molecule has 2 aromatic rings. The number of carbonyl (C=O) groups is 2. The highest BCUT2D eigenvalue weighted by Crippen LogP contribution is 2.41. The smallest absolute Gasteiger partial charge is 0.358 e. The van der Waals surface area contributed by atoms with Crippen molar-refractivity contribution in [2.75, 3.05) is 31.5 Å². The van der Waals surface area contributed by atoms with Crippen LogP contribution in [0.15, 0.2) is 18.2 Å². The highest BCUT2D eigenvalue weighted by atomic mass is 35.5. The van der Waals surface area contributed by atoms with Gasteiger partial charge in [-0.3, -0.25) is 9.59 Å². The molecule has 192 valence electrons. The van der Waals surface area contributed by atoms with E-state index >= 15 is 0 Å². The van der Waals surface area contributed by atoms with Crippen molar-refractivity contribution in [3.63, 3.8) is 0 Å². The molecule has 0 radical (unpaired) electrons. The maximum Gasteiger partial charge on any atom is 0.419 e. The zero-order valence-electron chi connectivity index (χ0n) is 20.0. The number of H-pyrrole nitrogens is 1. The van der Waals surface area contributed by atoms with Crippen LogP contribution in [0.25, 0.3) is 11.6 Å². The summed E-state index contributed by atoms with van der Waals surface area (Å²) in [7, 11) is 0. The van der Waals surface area contributed by atoms with E-state index in [1.54, 1.807) is 12.1 Å². The topological polar surface area (TPSA) is 68.4 Å². The summed E-state index contributed by atoms with van der Waals surface area (Å²) in [5.74, 6) is -1.16. The van der Waals surface area contributed by atoms with E-state index in [9.17, 15) is 22.8 Å². The van der Waals surface area contributed by atoms with Gasteiger partial charge in [0, 0.05) is 41.1 Å². The van der Waals surface area contributed by atoms with Gasteiger partial charge in [-0.25, -0.2) is 0 Å². The normalized spacial score (nSPS) is 20.6. The molecule has 10 heteroatoms. The number of hydrogen-bond donors (Lipinski definition) is 2. The van der Waals surface area contributed by atoms with Gasteiger partial charge in [-0.05, 0) is 70.0 Å². The number of aryl methyl sites for hydroxylation is 1. The van der Waals surface area contributed by atoms with Crippen LogP contribution in [0.5, 0.6) is 0 Å². The number of likely N-dealkylation sites (tertiary alicyclic amines) is 2. The van der Waals surface area contributed by atoms with Crippen LogP contribution in [0.2, 0.25) is 5.02 Å². The summed E-state index contributed by atoms with van der Waals surface area (Å²) in [6, 6.07) is 5.09. The lowest BCUT2D eigenvalue weighted by atomic mass is 9.98. The number of nitrogens with zero attached hydrogens (tertiary/aromatic N) is 2. The average molecular weight is 521 g/mol. The number of anilines is 1. The minimum absolute atomic E-state index is 0.0561. The van der Waals surface area contributed by atoms with E-state index in [0.29, 0.717) is 35.4 Å². The van der Waals surface area contributed by atoms with Gasteiger partial charge in [0.25, 0.3) is 11.8 Å². The van der Waals surface area contributed by atoms with Crippen molar-refractivity contribution in [1.82, 2.24) is 14.8 Å². The summed E-state index contributed by atoms with van der Waals surface area (Å²) in [6.45, 7) is 4.41. The Labute approximate surface area is 212 Å². The second-order valence-electron chi connectivity index (χ2n) is 9.73. The molecule has 6 nitrogen and oxygen atoms in total. The number of fused-ring (bicyclic) bond motifs is 1. The molecule has 0 saturated carbocycles. The molecule has 36 heavy (non-hydrogen) atoms. The minimum Gasteiger partial charge on any atom is -0.358 e. The zero-order valence-corrected chi connectivity index (χ0v) is 20.7. The number of alkyl halides is 3. The lowest BCUT2D eigenvalue weighted by molar-refractivity contribution is -0.138. The molecule has 1 aromatic heterocycles. The van der Waals surface area contributed by atoms with E-state index in [-0.39, 0.29) is 22.5 Å².